The average Bonchev–Trinajstić information content (AvgIpc) is 2.81. The molecule has 0 aliphatic rings. The summed E-state index contributed by atoms with van der Waals surface area (Å²) in [7, 11) is 0. The maximum absolute atomic E-state index is 8.93. The lowest BCUT2D eigenvalue weighted by Gasteiger charge is -2.04. The zero-order valence-corrected chi connectivity index (χ0v) is 10.9. The normalized spacial score (nSPS) is 10.4. The van der Waals surface area contributed by atoms with E-state index in [0.717, 1.165) is 21.2 Å². The topological polar surface area (TPSA) is 41.6 Å². The summed E-state index contributed by atoms with van der Waals surface area (Å²) in [4.78, 5) is 4.41. The van der Waals surface area contributed by atoms with E-state index >= 15 is 0 Å². The van der Waals surface area contributed by atoms with E-state index in [9.17, 15) is 0 Å². The molecule has 0 aliphatic carbocycles. The van der Waals surface area contributed by atoms with Crippen molar-refractivity contribution in [3.63, 3.8) is 0 Å². The molecular weight excluding hydrogens is 290 g/mol. The molecule has 2 aromatic heterocycles. The number of nitriles is 1. The molecule has 0 atom stereocenters. The first kappa shape index (κ1) is 11.0. The minimum atomic E-state index is 0.645. The van der Waals surface area contributed by atoms with E-state index < -0.39 is 0 Å². The molecular formula is C14H8BrN3. The Labute approximate surface area is 112 Å². The molecule has 3 nitrogen and oxygen atoms in total. The van der Waals surface area contributed by atoms with Crippen LogP contribution in [0.25, 0.3) is 16.7 Å². The summed E-state index contributed by atoms with van der Waals surface area (Å²) in [6, 6.07) is 13.6. The lowest BCUT2D eigenvalue weighted by Crippen LogP contribution is -1.94. The van der Waals surface area contributed by atoms with Crippen molar-refractivity contribution >= 4 is 27.0 Å². The molecule has 0 unspecified atom stereocenters. The molecule has 0 radical (unpaired) electrons. The smallest absolute Gasteiger partial charge is 0.144 e. The molecule has 4 heteroatoms. The summed E-state index contributed by atoms with van der Waals surface area (Å²) in [6.45, 7) is 0. The number of hydrogen-bond donors (Lipinski definition) is 0. The highest BCUT2D eigenvalue weighted by atomic mass is 79.9. The molecule has 0 N–H and O–H groups in total. The monoisotopic (exact) mass is 297 g/mol. The summed E-state index contributed by atoms with van der Waals surface area (Å²) in [6.07, 6.45) is 3.73. The second kappa shape index (κ2) is 4.28. The number of pyridine rings is 1. The van der Waals surface area contributed by atoms with Crippen LogP contribution in [0.15, 0.2) is 53.3 Å². The third kappa shape index (κ3) is 1.79. The van der Waals surface area contributed by atoms with Gasteiger partial charge in [0, 0.05) is 27.9 Å². The quantitative estimate of drug-likeness (QED) is 0.688. The number of nitrogens with zero attached hydrogens (tertiary/aromatic N) is 3. The van der Waals surface area contributed by atoms with Crippen molar-refractivity contribution in [2.24, 2.45) is 0 Å². The molecule has 3 rings (SSSR count). The Hall–Kier alpha value is -2.12. The number of rotatable bonds is 1. The first-order valence-corrected chi connectivity index (χ1v) is 6.20. The molecule has 1 aromatic carbocycles. The third-order valence-corrected chi connectivity index (χ3v) is 3.18. The summed E-state index contributed by atoms with van der Waals surface area (Å²) in [5.74, 6) is 0. The Morgan fingerprint density at radius 2 is 2.11 bits per heavy atom. The lowest BCUT2D eigenvalue weighted by molar-refractivity contribution is 1.09. The maximum Gasteiger partial charge on any atom is 0.144 e. The predicted octanol–water partition coefficient (Wildman–Crippen LogP) is 3.66. The van der Waals surface area contributed by atoms with Gasteiger partial charge in [0.25, 0.3) is 0 Å². The first-order valence-electron chi connectivity index (χ1n) is 5.41. The Balaban J connectivity index is 2.23. The number of benzene rings is 1. The van der Waals surface area contributed by atoms with Crippen LogP contribution in [0.1, 0.15) is 5.56 Å². The van der Waals surface area contributed by atoms with Gasteiger partial charge in [-0.3, -0.25) is 0 Å². The van der Waals surface area contributed by atoms with Crippen molar-refractivity contribution in [3.8, 4) is 11.8 Å². The molecule has 0 amide bonds. The van der Waals surface area contributed by atoms with Crippen LogP contribution in [0.5, 0.6) is 0 Å². The van der Waals surface area contributed by atoms with E-state index in [1.165, 1.54) is 0 Å². The number of aromatic nitrogens is 2. The van der Waals surface area contributed by atoms with Gasteiger partial charge in [0.2, 0.25) is 0 Å². The van der Waals surface area contributed by atoms with E-state index in [-0.39, 0.29) is 0 Å². The van der Waals surface area contributed by atoms with Gasteiger partial charge in [0.15, 0.2) is 0 Å². The first-order chi connectivity index (χ1) is 8.78. The number of hydrogen-bond acceptors (Lipinski definition) is 2. The zero-order chi connectivity index (χ0) is 12.5. The van der Waals surface area contributed by atoms with Gasteiger partial charge in [-0.15, -0.1) is 0 Å². The van der Waals surface area contributed by atoms with Crippen LogP contribution < -0.4 is 0 Å². The van der Waals surface area contributed by atoms with Crippen molar-refractivity contribution in [1.29, 1.82) is 5.26 Å². The average molecular weight is 298 g/mol. The van der Waals surface area contributed by atoms with Crippen LogP contribution in [0.4, 0.5) is 0 Å². The molecule has 18 heavy (non-hydrogen) atoms. The minimum absolute atomic E-state index is 0.645. The van der Waals surface area contributed by atoms with E-state index in [2.05, 4.69) is 27.0 Å². The van der Waals surface area contributed by atoms with Crippen LogP contribution in [0, 0.1) is 11.3 Å². The molecule has 0 fully saturated rings. The van der Waals surface area contributed by atoms with Gasteiger partial charge in [-0.25, -0.2) is 4.98 Å². The van der Waals surface area contributed by atoms with Crippen LogP contribution in [-0.2, 0) is 0 Å². The fourth-order valence-electron chi connectivity index (χ4n) is 1.93. The largest absolute Gasteiger partial charge is 0.301 e. The van der Waals surface area contributed by atoms with Crippen molar-refractivity contribution in [2.75, 3.05) is 0 Å². The summed E-state index contributed by atoms with van der Waals surface area (Å²) < 4.78 is 2.93. The Morgan fingerprint density at radius 3 is 2.94 bits per heavy atom. The molecule has 0 spiro atoms. The van der Waals surface area contributed by atoms with Gasteiger partial charge in [-0.1, -0.05) is 6.07 Å². The molecule has 2 heterocycles. The third-order valence-electron chi connectivity index (χ3n) is 2.75. The second-order valence-corrected chi connectivity index (χ2v) is 4.83. The second-order valence-electron chi connectivity index (χ2n) is 3.91. The van der Waals surface area contributed by atoms with Gasteiger partial charge >= 0.3 is 0 Å². The Bertz CT molecular complexity index is 768. The Kier molecular flexibility index (Phi) is 2.62. The standard InChI is InChI=1S/C14H8BrN3/c15-12-7-11-4-5-18(14(11)17-9-12)13-3-1-2-10(6-13)8-16/h1-7,9H. The molecule has 0 saturated carbocycles. The minimum Gasteiger partial charge on any atom is -0.301 e. The summed E-state index contributed by atoms with van der Waals surface area (Å²) in [5.41, 5.74) is 2.47. The fraction of sp³-hybridized carbons (Fsp3) is 0. The number of halogens is 1. The van der Waals surface area contributed by atoms with Crippen molar-refractivity contribution in [1.82, 2.24) is 9.55 Å². The Morgan fingerprint density at radius 1 is 1.22 bits per heavy atom. The van der Waals surface area contributed by atoms with Crippen molar-refractivity contribution in [3.05, 3.63) is 58.8 Å². The van der Waals surface area contributed by atoms with Gasteiger partial charge in [0.1, 0.15) is 5.65 Å². The highest BCUT2D eigenvalue weighted by Crippen LogP contribution is 2.22. The van der Waals surface area contributed by atoms with Gasteiger partial charge in [-0.05, 0) is 46.3 Å². The zero-order valence-electron chi connectivity index (χ0n) is 9.34. The highest BCUT2D eigenvalue weighted by molar-refractivity contribution is 9.10. The SMILES string of the molecule is N#Cc1cccc(-n2ccc3cc(Br)cnc32)c1. The van der Waals surface area contributed by atoms with Gasteiger partial charge in [-0.2, -0.15) is 5.26 Å². The van der Waals surface area contributed by atoms with Crippen LogP contribution in [-0.4, -0.2) is 9.55 Å². The molecule has 0 aliphatic heterocycles. The summed E-state index contributed by atoms with van der Waals surface area (Å²) in [5, 5.41) is 9.99. The van der Waals surface area contributed by atoms with Crippen molar-refractivity contribution < 1.29 is 0 Å². The highest BCUT2D eigenvalue weighted by Gasteiger charge is 2.05. The molecule has 3 aromatic rings. The van der Waals surface area contributed by atoms with E-state index in [0.29, 0.717) is 5.56 Å². The fourth-order valence-corrected chi connectivity index (χ4v) is 2.28. The van der Waals surface area contributed by atoms with E-state index in [1.54, 1.807) is 12.3 Å². The molecule has 0 bridgehead atoms. The predicted molar refractivity (Wildman–Crippen MR) is 73.5 cm³/mol. The maximum atomic E-state index is 8.93. The van der Waals surface area contributed by atoms with Crippen LogP contribution in [0.3, 0.4) is 0 Å². The molecule has 86 valence electrons. The summed E-state index contributed by atoms with van der Waals surface area (Å²) >= 11 is 3.41. The lowest BCUT2D eigenvalue weighted by atomic mass is 10.2. The van der Waals surface area contributed by atoms with Crippen LogP contribution >= 0.6 is 15.9 Å². The van der Waals surface area contributed by atoms with E-state index in [1.807, 2.05) is 41.1 Å². The molecule has 0 saturated heterocycles. The van der Waals surface area contributed by atoms with Crippen LogP contribution in [0.2, 0.25) is 0 Å². The van der Waals surface area contributed by atoms with Gasteiger partial charge in [0.05, 0.1) is 11.6 Å². The number of fused-ring (bicyclic) bond motifs is 1. The van der Waals surface area contributed by atoms with Crippen molar-refractivity contribution in [2.45, 2.75) is 0 Å². The van der Waals surface area contributed by atoms with E-state index in [4.69, 9.17) is 5.26 Å². The van der Waals surface area contributed by atoms with Gasteiger partial charge < -0.3 is 4.57 Å².